The molecular weight excluding hydrogens is 224 g/mol. The van der Waals surface area contributed by atoms with Crippen molar-refractivity contribution in [3.63, 3.8) is 0 Å². The zero-order valence-electron chi connectivity index (χ0n) is 8.73. The van der Waals surface area contributed by atoms with E-state index in [0.717, 1.165) is 11.3 Å². The van der Waals surface area contributed by atoms with Crippen molar-refractivity contribution in [2.45, 2.75) is 6.17 Å². The molecule has 1 unspecified atom stereocenters. The average molecular weight is 236 g/mol. The third kappa shape index (κ3) is 2.22. The molecule has 0 spiro atoms. The van der Waals surface area contributed by atoms with E-state index in [1.54, 1.807) is 7.11 Å². The first-order valence-electron chi connectivity index (χ1n) is 4.74. The Bertz CT molecular complexity index is 446. The van der Waals surface area contributed by atoms with Gasteiger partial charge in [0.1, 0.15) is 11.9 Å². The molecule has 6 heteroatoms. The Hall–Kier alpha value is -1.82. The van der Waals surface area contributed by atoms with E-state index < -0.39 is 0 Å². The Labute approximate surface area is 98.7 Å². The van der Waals surface area contributed by atoms with Crippen LogP contribution in [0.15, 0.2) is 29.3 Å². The summed E-state index contributed by atoms with van der Waals surface area (Å²) < 4.78 is 5.14. The highest BCUT2D eigenvalue weighted by atomic mass is 32.1. The second-order valence-corrected chi connectivity index (χ2v) is 3.70. The van der Waals surface area contributed by atoms with Gasteiger partial charge in [0.25, 0.3) is 0 Å². The first-order chi connectivity index (χ1) is 7.69. The second kappa shape index (κ2) is 4.36. The highest BCUT2D eigenvalue weighted by Gasteiger charge is 2.17. The smallest absolute Gasteiger partial charge is 0.197 e. The molecule has 1 aliphatic rings. The van der Waals surface area contributed by atoms with E-state index in [1.807, 2.05) is 24.3 Å². The van der Waals surface area contributed by atoms with E-state index in [2.05, 4.69) is 15.6 Å². The maximum atomic E-state index is 5.60. The van der Waals surface area contributed by atoms with Crippen LogP contribution in [0.2, 0.25) is 0 Å². The van der Waals surface area contributed by atoms with Gasteiger partial charge in [-0.1, -0.05) is 12.1 Å². The van der Waals surface area contributed by atoms with Gasteiger partial charge in [-0.2, -0.15) is 0 Å². The van der Waals surface area contributed by atoms with Crippen LogP contribution in [0.5, 0.6) is 5.75 Å². The number of nitrogens with two attached hydrogens (primary N) is 1. The van der Waals surface area contributed by atoms with E-state index in [0.29, 0.717) is 11.1 Å². The van der Waals surface area contributed by atoms with Gasteiger partial charge in [0.15, 0.2) is 11.1 Å². The van der Waals surface area contributed by atoms with Crippen LogP contribution in [0.25, 0.3) is 0 Å². The highest BCUT2D eigenvalue weighted by Crippen LogP contribution is 2.20. The third-order valence-electron chi connectivity index (χ3n) is 2.19. The molecule has 0 aromatic heterocycles. The van der Waals surface area contributed by atoms with E-state index in [1.165, 1.54) is 0 Å². The monoisotopic (exact) mass is 236 g/mol. The average Bonchev–Trinajstić information content (AvgIpc) is 2.28. The number of hydrogen-bond acceptors (Lipinski definition) is 4. The van der Waals surface area contributed by atoms with E-state index >= 15 is 0 Å². The molecule has 84 valence electrons. The zero-order valence-corrected chi connectivity index (χ0v) is 9.54. The van der Waals surface area contributed by atoms with Gasteiger partial charge in [-0.05, 0) is 24.4 Å². The van der Waals surface area contributed by atoms with Gasteiger partial charge in [-0.15, -0.1) is 0 Å². The van der Waals surface area contributed by atoms with Crippen molar-refractivity contribution in [1.29, 1.82) is 0 Å². The molecule has 0 radical (unpaired) electrons. The summed E-state index contributed by atoms with van der Waals surface area (Å²) in [7, 11) is 1.62. The minimum Gasteiger partial charge on any atom is -0.497 e. The summed E-state index contributed by atoms with van der Waals surface area (Å²) in [5.74, 6) is 1.09. The molecule has 1 heterocycles. The summed E-state index contributed by atoms with van der Waals surface area (Å²) >= 11 is 5.01. The van der Waals surface area contributed by atoms with Crippen LogP contribution < -0.4 is 21.1 Å². The first kappa shape index (κ1) is 10.7. The molecule has 1 aromatic rings. The molecule has 0 fully saturated rings. The lowest BCUT2D eigenvalue weighted by Gasteiger charge is -2.23. The summed E-state index contributed by atoms with van der Waals surface area (Å²) in [4.78, 5) is 4.21. The molecule has 1 aliphatic heterocycles. The van der Waals surface area contributed by atoms with E-state index in [9.17, 15) is 0 Å². The summed E-state index contributed by atoms with van der Waals surface area (Å²) in [6.45, 7) is 0. The standard InChI is InChI=1S/C10H12N4OS/c1-15-7-4-2-3-6(5-7)8-12-9(11)14-10(16)13-8/h2-5,8H,1H3,(H4,11,12,13,14,16). The maximum Gasteiger partial charge on any atom is 0.197 e. The van der Waals surface area contributed by atoms with Gasteiger partial charge >= 0.3 is 0 Å². The molecule has 1 aromatic carbocycles. The second-order valence-electron chi connectivity index (χ2n) is 3.29. The fourth-order valence-corrected chi connectivity index (χ4v) is 1.67. The maximum absolute atomic E-state index is 5.60. The zero-order chi connectivity index (χ0) is 11.5. The first-order valence-corrected chi connectivity index (χ1v) is 5.14. The van der Waals surface area contributed by atoms with Crippen molar-refractivity contribution in [1.82, 2.24) is 10.6 Å². The Morgan fingerprint density at radius 2 is 2.31 bits per heavy atom. The van der Waals surface area contributed by atoms with Crippen molar-refractivity contribution < 1.29 is 4.74 Å². The molecule has 0 bridgehead atoms. The Kier molecular flexibility index (Phi) is 2.91. The number of nitrogens with zero attached hydrogens (tertiary/aromatic N) is 1. The molecular formula is C10H12N4OS. The van der Waals surface area contributed by atoms with Gasteiger partial charge in [0.05, 0.1) is 7.11 Å². The summed E-state index contributed by atoms with van der Waals surface area (Å²) in [5, 5.41) is 6.21. The highest BCUT2D eigenvalue weighted by molar-refractivity contribution is 7.80. The van der Waals surface area contributed by atoms with Crippen LogP contribution in [0.3, 0.4) is 0 Å². The minimum atomic E-state index is -0.260. The summed E-state index contributed by atoms with van der Waals surface area (Å²) in [5.41, 5.74) is 6.55. The number of nitrogens with one attached hydrogen (secondary N) is 2. The van der Waals surface area contributed by atoms with E-state index in [4.69, 9.17) is 22.7 Å². The lowest BCUT2D eigenvalue weighted by molar-refractivity contribution is 0.413. The molecule has 16 heavy (non-hydrogen) atoms. The summed E-state index contributed by atoms with van der Waals surface area (Å²) in [6, 6.07) is 7.59. The van der Waals surface area contributed by atoms with Gasteiger partial charge in [0, 0.05) is 5.56 Å². The molecule has 4 N–H and O–H groups in total. The fraction of sp³-hybridized carbons (Fsp3) is 0.200. The number of ether oxygens (including phenoxy) is 1. The third-order valence-corrected chi connectivity index (χ3v) is 2.41. The lowest BCUT2D eigenvalue weighted by Crippen LogP contribution is -2.49. The molecule has 0 amide bonds. The van der Waals surface area contributed by atoms with Crippen molar-refractivity contribution in [3.05, 3.63) is 29.8 Å². The van der Waals surface area contributed by atoms with Gasteiger partial charge in [-0.3, -0.25) is 0 Å². The van der Waals surface area contributed by atoms with Crippen LogP contribution in [0.4, 0.5) is 0 Å². The summed E-state index contributed by atoms with van der Waals surface area (Å²) in [6.07, 6.45) is -0.260. The molecule has 0 saturated carbocycles. The number of guanidine groups is 1. The van der Waals surface area contributed by atoms with Gasteiger partial charge < -0.3 is 21.1 Å². The lowest BCUT2D eigenvalue weighted by atomic mass is 10.1. The Morgan fingerprint density at radius 3 is 3.00 bits per heavy atom. The Morgan fingerprint density at radius 1 is 1.50 bits per heavy atom. The number of thiocarbonyl (C=S) groups is 1. The van der Waals surface area contributed by atoms with Crippen molar-refractivity contribution >= 4 is 23.3 Å². The number of methoxy groups -OCH3 is 1. The Balaban J connectivity index is 2.29. The van der Waals surface area contributed by atoms with Crippen LogP contribution in [0.1, 0.15) is 11.7 Å². The fourth-order valence-electron chi connectivity index (χ4n) is 1.45. The molecule has 0 saturated heterocycles. The predicted octanol–water partition coefficient (Wildman–Crippen LogP) is 0.486. The van der Waals surface area contributed by atoms with Crippen molar-refractivity contribution in [2.24, 2.45) is 10.7 Å². The van der Waals surface area contributed by atoms with Crippen molar-refractivity contribution in [2.75, 3.05) is 7.11 Å². The van der Waals surface area contributed by atoms with Crippen molar-refractivity contribution in [3.8, 4) is 5.75 Å². The largest absolute Gasteiger partial charge is 0.497 e. The minimum absolute atomic E-state index is 0.260. The molecule has 5 nitrogen and oxygen atoms in total. The molecule has 0 aliphatic carbocycles. The number of rotatable bonds is 2. The number of aliphatic imine (C=N–C) groups is 1. The SMILES string of the molecule is COc1cccc(C2N=C(N)NC(=S)N2)c1. The number of benzene rings is 1. The normalized spacial score (nSPS) is 19.4. The van der Waals surface area contributed by atoms with Crippen LogP contribution in [-0.2, 0) is 0 Å². The predicted molar refractivity (Wildman–Crippen MR) is 66.2 cm³/mol. The van der Waals surface area contributed by atoms with Crippen LogP contribution in [0, 0.1) is 0 Å². The van der Waals surface area contributed by atoms with E-state index in [-0.39, 0.29) is 6.17 Å². The topological polar surface area (TPSA) is 71.7 Å². The number of hydrogen-bond donors (Lipinski definition) is 3. The quantitative estimate of drug-likeness (QED) is 0.652. The van der Waals surface area contributed by atoms with Crippen LogP contribution >= 0.6 is 12.2 Å². The van der Waals surface area contributed by atoms with Gasteiger partial charge in [0.2, 0.25) is 0 Å². The van der Waals surface area contributed by atoms with Gasteiger partial charge in [-0.25, -0.2) is 4.99 Å². The molecule has 1 atom stereocenters. The van der Waals surface area contributed by atoms with Crippen LogP contribution in [-0.4, -0.2) is 18.2 Å². The molecule has 2 rings (SSSR count).